The first-order chi connectivity index (χ1) is 7.71. The van der Waals surface area contributed by atoms with Crippen LogP contribution in [0, 0.1) is 0 Å². The molecule has 0 bridgehead atoms. The third-order valence-corrected chi connectivity index (χ3v) is 2.51. The van der Waals surface area contributed by atoms with Crippen LogP contribution in [0.2, 0.25) is 0 Å². The van der Waals surface area contributed by atoms with Crippen molar-refractivity contribution in [2.24, 2.45) is 0 Å². The number of hydrogen-bond donors (Lipinski definition) is 1. The molecule has 0 aromatic heterocycles. The van der Waals surface area contributed by atoms with Gasteiger partial charge in [-0.1, -0.05) is 13.0 Å². The van der Waals surface area contributed by atoms with Crippen LogP contribution in [0.15, 0.2) is 18.2 Å². The van der Waals surface area contributed by atoms with E-state index < -0.39 is 0 Å². The molecule has 0 heterocycles. The lowest BCUT2D eigenvalue weighted by atomic mass is 10.2. The molecule has 0 aliphatic carbocycles. The number of methoxy groups -OCH3 is 1. The van der Waals surface area contributed by atoms with E-state index >= 15 is 0 Å². The summed E-state index contributed by atoms with van der Waals surface area (Å²) >= 11 is 0. The minimum Gasteiger partial charge on any atom is -0.493 e. The zero-order valence-corrected chi connectivity index (χ0v) is 10.5. The molecule has 0 spiro atoms. The Morgan fingerprint density at radius 3 is 2.62 bits per heavy atom. The highest BCUT2D eigenvalue weighted by Gasteiger charge is 2.08. The molecule has 1 atom stereocenters. The summed E-state index contributed by atoms with van der Waals surface area (Å²) in [7, 11) is 3.60. The van der Waals surface area contributed by atoms with Gasteiger partial charge in [0.1, 0.15) is 0 Å². The summed E-state index contributed by atoms with van der Waals surface area (Å²) in [6.07, 6.45) is 1.20. The van der Waals surface area contributed by atoms with Gasteiger partial charge in [-0.3, -0.25) is 0 Å². The highest BCUT2D eigenvalue weighted by Crippen LogP contribution is 2.29. The molecular weight excluding hydrogens is 202 g/mol. The standard InChI is InChI=1S/C13H21NO2/c1-5-10(2)16-12-7-6-11(9-14-3)8-13(12)15-4/h6-8,10,14H,5,9H2,1-4H3/t10-/m1/s1. The summed E-state index contributed by atoms with van der Waals surface area (Å²) in [5.41, 5.74) is 1.19. The summed E-state index contributed by atoms with van der Waals surface area (Å²) in [4.78, 5) is 0. The van der Waals surface area contributed by atoms with Gasteiger partial charge in [-0.25, -0.2) is 0 Å². The van der Waals surface area contributed by atoms with Crippen LogP contribution in [-0.2, 0) is 6.54 Å². The van der Waals surface area contributed by atoms with Gasteiger partial charge in [0.2, 0.25) is 0 Å². The zero-order chi connectivity index (χ0) is 12.0. The first kappa shape index (κ1) is 12.8. The second-order valence-electron chi connectivity index (χ2n) is 3.85. The van der Waals surface area contributed by atoms with Crippen molar-refractivity contribution >= 4 is 0 Å². The molecule has 3 nitrogen and oxygen atoms in total. The molecular formula is C13H21NO2. The molecule has 1 rings (SSSR count). The zero-order valence-electron chi connectivity index (χ0n) is 10.5. The van der Waals surface area contributed by atoms with Crippen molar-refractivity contribution in [1.29, 1.82) is 0 Å². The Bertz CT molecular complexity index is 326. The number of benzene rings is 1. The maximum Gasteiger partial charge on any atom is 0.161 e. The molecule has 3 heteroatoms. The number of rotatable bonds is 6. The van der Waals surface area contributed by atoms with Crippen LogP contribution in [0.3, 0.4) is 0 Å². The van der Waals surface area contributed by atoms with Crippen molar-refractivity contribution in [2.45, 2.75) is 32.9 Å². The molecule has 0 amide bonds. The third kappa shape index (κ3) is 3.42. The molecule has 1 aromatic rings. The molecule has 0 fully saturated rings. The second kappa shape index (κ2) is 6.38. The van der Waals surface area contributed by atoms with Crippen LogP contribution < -0.4 is 14.8 Å². The summed E-state index contributed by atoms with van der Waals surface area (Å²) < 4.78 is 11.1. The second-order valence-corrected chi connectivity index (χ2v) is 3.85. The molecule has 0 saturated heterocycles. The number of nitrogens with one attached hydrogen (secondary N) is 1. The number of ether oxygens (including phenoxy) is 2. The van der Waals surface area contributed by atoms with E-state index in [1.807, 2.05) is 19.2 Å². The normalized spacial score (nSPS) is 12.2. The smallest absolute Gasteiger partial charge is 0.161 e. The summed E-state index contributed by atoms with van der Waals surface area (Å²) in [6.45, 7) is 4.99. The Balaban J connectivity index is 2.84. The van der Waals surface area contributed by atoms with Crippen molar-refractivity contribution in [3.8, 4) is 11.5 Å². The van der Waals surface area contributed by atoms with Gasteiger partial charge in [-0.05, 0) is 38.1 Å². The molecule has 16 heavy (non-hydrogen) atoms. The van der Waals surface area contributed by atoms with Crippen LogP contribution in [0.25, 0.3) is 0 Å². The summed E-state index contributed by atoms with van der Waals surface area (Å²) in [5, 5.41) is 3.11. The maximum absolute atomic E-state index is 5.77. The monoisotopic (exact) mass is 223 g/mol. The van der Waals surface area contributed by atoms with Crippen molar-refractivity contribution in [2.75, 3.05) is 14.2 Å². The predicted octanol–water partition coefficient (Wildman–Crippen LogP) is 2.59. The van der Waals surface area contributed by atoms with Gasteiger partial charge in [-0.2, -0.15) is 0 Å². The van der Waals surface area contributed by atoms with Gasteiger partial charge in [0, 0.05) is 6.54 Å². The Morgan fingerprint density at radius 2 is 2.06 bits per heavy atom. The van der Waals surface area contributed by atoms with Gasteiger partial charge in [-0.15, -0.1) is 0 Å². The molecule has 0 saturated carbocycles. The molecule has 90 valence electrons. The molecule has 0 aliphatic heterocycles. The predicted molar refractivity (Wildman–Crippen MR) is 66.1 cm³/mol. The van der Waals surface area contributed by atoms with Gasteiger partial charge < -0.3 is 14.8 Å². The van der Waals surface area contributed by atoms with Crippen LogP contribution in [-0.4, -0.2) is 20.3 Å². The highest BCUT2D eigenvalue weighted by atomic mass is 16.5. The lowest BCUT2D eigenvalue weighted by Gasteiger charge is -2.16. The van der Waals surface area contributed by atoms with Gasteiger partial charge in [0.05, 0.1) is 13.2 Å². The summed E-state index contributed by atoms with van der Waals surface area (Å²) in [5.74, 6) is 1.62. The topological polar surface area (TPSA) is 30.5 Å². The lowest BCUT2D eigenvalue weighted by Crippen LogP contribution is -2.11. The van der Waals surface area contributed by atoms with Crippen molar-refractivity contribution in [3.05, 3.63) is 23.8 Å². The Morgan fingerprint density at radius 1 is 1.31 bits per heavy atom. The van der Waals surface area contributed by atoms with Crippen LogP contribution in [0.5, 0.6) is 11.5 Å². The van der Waals surface area contributed by atoms with E-state index in [0.717, 1.165) is 24.5 Å². The minimum absolute atomic E-state index is 0.212. The van der Waals surface area contributed by atoms with Gasteiger partial charge >= 0.3 is 0 Å². The molecule has 1 N–H and O–H groups in total. The van der Waals surface area contributed by atoms with Crippen LogP contribution in [0.4, 0.5) is 0 Å². The van der Waals surface area contributed by atoms with Crippen molar-refractivity contribution < 1.29 is 9.47 Å². The Kier molecular flexibility index (Phi) is 5.12. The SMILES string of the molecule is CC[C@@H](C)Oc1ccc(CNC)cc1OC. The van der Waals surface area contributed by atoms with Gasteiger partial charge in [0.25, 0.3) is 0 Å². The fourth-order valence-corrected chi connectivity index (χ4v) is 1.42. The maximum atomic E-state index is 5.77. The van der Waals surface area contributed by atoms with E-state index in [-0.39, 0.29) is 6.10 Å². The Labute approximate surface area is 97.8 Å². The van der Waals surface area contributed by atoms with E-state index in [9.17, 15) is 0 Å². The Hall–Kier alpha value is -1.22. The lowest BCUT2D eigenvalue weighted by molar-refractivity contribution is 0.207. The fourth-order valence-electron chi connectivity index (χ4n) is 1.42. The molecule has 0 aliphatic rings. The summed E-state index contributed by atoms with van der Waals surface area (Å²) in [6, 6.07) is 6.03. The third-order valence-electron chi connectivity index (χ3n) is 2.51. The van der Waals surface area contributed by atoms with Crippen molar-refractivity contribution in [3.63, 3.8) is 0 Å². The van der Waals surface area contributed by atoms with Crippen LogP contribution >= 0.6 is 0 Å². The first-order valence-corrected chi connectivity index (χ1v) is 5.69. The van der Waals surface area contributed by atoms with E-state index in [1.165, 1.54) is 5.56 Å². The fraction of sp³-hybridized carbons (Fsp3) is 0.538. The average Bonchev–Trinajstić information content (AvgIpc) is 2.31. The average molecular weight is 223 g/mol. The van der Waals surface area contributed by atoms with E-state index in [2.05, 4.69) is 25.2 Å². The van der Waals surface area contributed by atoms with E-state index in [1.54, 1.807) is 7.11 Å². The molecule has 1 aromatic carbocycles. The quantitative estimate of drug-likeness (QED) is 0.804. The van der Waals surface area contributed by atoms with E-state index in [4.69, 9.17) is 9.47 Å². The first-order valence-electron chi connectivity index (χ1n) is 5.69. The number of hydrogen-bond acceptors (Lipinski definition) is 3. The van der Waals surface area contributed by atoms with E-state index in [0.29, 0.717) is 0 Å². The van der Waals surface area contributed by atoms with Crippen LogP contribution in [0.1, 0.15) is 25.8 Å². The van der Waals surface area contributed by atoms with Crippen molar-refractivity contribution in [1.82, 2.24) is 5.32 Å². The molecule has 0 radical (unpaired) electrons. The minimum atomic E-state index is 0.212. The largest absolute Gasteiger partial charge is 0.493 e. The molecule has 0 unspecified atom stereocenters. The highest BCUT2D eigenvalue weighted by molar-refractivity contribution is 5.43. The van der Waals surface area contributed by atoms with Gasteiger partial charge in [0.15, 0.2) is 11.5 Å².